The standard InChI is InChI=1S/C22H22ClNO4/c1-3-28-21(26)19-18(13-15-9-11-17(23)12-10-15)20(25)24(22(19,2)27)14-16-7-5-4-6-8-16/h4-12,27H,3,13-14H2,1-2H3/t22-/m1/s1. The van der Waals surface area contributed by atoms with Gasteiger partial charge in [0.05, 0.1) is 12.2 Å². The average molecular weight is 400 g/mol. The van der Waals surface area contributed by atoms with Crippen LogP contribution in [0.2, 0.25) is 5.02 Å². The molecular weight excluding hydrogens is 378 g/mol. The van der Waals surface area contributed by atoms with E-state index in [1.165, 1.54) is 11.8 Å². The summed E-state index contributed by atoms with van der Waals surface area (Å²) in [6, 6.07) is 16.4. The zero-order valence-electron chi connectivity index (χ0n) is 15.8. The van der Waals surface area contributed by atoms with E-state index in [2.05, 4.69) is 0 Å². The van der Waals surface area contributed by atoms with Gasteiger partial charge in [0.25, 0.3) is 5.91 Å². The Kier molecular flexibility index (Phi) is 5.87. The van der Waals surface area contributed by atoms with Gasteiger partial charge in [0, 0.05) is 23.6 Å². The lowest BCUT2D eigenvalue weighted by Gasteiger charge is -2.32. The molecule has 5 nitrogen and oxygen atoms in total. The number of hydrogen-bond donors (Lipinski definition) is 1. The van der Waals surface area contributed by atoms with Gasteiger partial charge < -0.3 is 14.7 Å². The molecule has 3 rings (SSSR count). The quantitative estimate of drug-likeness (QED) is 0.755. The van der Waals surface area contributed by atoms with Gasteiger partial charge in [0.1, 0.15) is 0 Å². The lowest BCUT2D eigenvalue weighted by atomic mass is 9.97. The van der Waals surface area contributed by atoms with E-state index in [9.17, 15) is 14.7 Å². The van der Waals surface area contributed by atoms with Crippen LogP contribution in [0.15, 0.2) is 65.7 Å². The third-order valence-electron chi connectivity index (χ3n) is 4.76. The molecule has 28 heavy (non-hydrogen) atoms. The normalized spacial score (nSPS) is 19.3. The highest BCUT2D eigenvalue weighted by Gasteiger charge is 2.50. The maximum absolute atomic E-state index is 13.2. The van der Waals surface area contributed by atoms with Crippen LogP contribution >= 0.6 is 11.6 Å². The summed E-state index contributed by atoms with van der Waals surface area (Å²) in [6.45, 7) is 3.47. The number of benzene rings is 2. The van der Waals surface area contributed by atoms with Gasteiger partial charge in [-0.25, -0.2) is 4.79 Å². The molecule has 1 amide bonds. The van der Waals surface area contributed by atoms with Gasteiger partial charge in [-0.2, -0.15) is 0 Å². The molecule has 0 aliphatic carbocycles. The van der Waals surface area contributed by atoms with Crippen molar-refractivity contribution in [2.45, 2.75) is 32.5 Å². The third kappa shape index (κ3) is 3.96. The molecule has 6 heteroatoms. The Bertz CT molecular complexity index is 904. The van der Waals surface area contributed by atoms with E-state index in [4.69, 9.17) is 16.3 Å². The minimum atomic E-state index is -1.76. The van der Waals surface area contributed by atoms with Crippen molar-refractivity contribution in [2.24, 2.45) is 0 Å². The van der Waals surface area contributed by atoms with Crippen molar-refractivity contribution in [1.29, 1.82) is 0 Å². The van der Waals surface area contributed by atoms with Crippen LogP contribution < -0.4 is 0 Å². The average Bonchev–Trinajstić information content (AvgIpc) is 2.85. The summed E-state index contributed by atoms with van der Waals surface area (Å²) in [7, 11) is 0. The van der Waals surface area contributed by atoms with E-state index in [1.807, 2.05) is 30.3 Å². The molecular formula is C22H22ClNO4. The Morgan fingerprint density at radius 3 is 2.36 bits per heavy atom. The Morgan fingerprint density at radius 1 is 1.11 bits per heavy atom. The largest absolute Gasteiger partial charge is 0.462 e. The first-order valence-electron chi connectivity index (χ1n) is 9.08. The molecule has 1 aliphatic rings. The zero-order valence-corrected chi connectivity index (χ0v) is 16.6. The van der Waals surface area contributed by atoms with Gasteiger partial charge in [-0.15, -0.1) is 0 Å². The minimum Gasteiger partial charge on any atom is -0.462 e. The van der Waals surface area contributed by atoms with E-state index in [-0.39, 0.29) is 36.6 Å². The summed E-state index contributed by atoms with van der Waals surface area (Å²) >= 11 is 5.93. The van der Waals surface area contributed by atoms with Crippen molar-refractivity contribution in [3.8, 4) is 0 Å². The molecule has 0 spiro atoms. The molecule has 1 N–H and O–H groups in total. The van der Waals surface area contributed by atoms with Gasteiger partial charge in [-0.05, 0) is 37.1 Å². The van der Waals surface area contributed by atoms with Crippen molar-refractivity contribution in [1.82, 2.24) is 4.90 Å². The number of esters is 1. The van der Waals surface area contributed by atoms with Gasteiger partial charge in [-0.3, -0.25) is 4.79 Å². The van der Waals surface area contributed by atoms with Crippen LogP contribution in [0.3, 0.4) is 0 Å². The molecule has 0 saturated carbocycles. The predicted octanol–water partition coefficient (Wildman–Crippen LogP) is 3.49. The fraction of sp³-hybridized carbons (Fsp3) is 0.273. The molecule has 2 aromatic rings. The second kappa shape index (κ2) is 8.17. The van der Waals surface area contributed by atoms with E-state index in [0.29, 0.717) is 5.02 Å². The summed E-state index contributed by atoms with van der Waals surface area (Å²) in [5.41, 5.74) is 0.131. The van der Waals surface area contributed by atoms with Crippen molar-refractivity contribution < 1.29 is 19.4 Å². The van der Waals surface area contributed by atoms with E-state index in [0.717, 1.165) is 11.1 Å². The van der Waals surface area contributed by atoms with E-state index < -0.39 is 11.7 Å². The number of amides is 1. The van der Waals surface area contributed by atoms with Crippen molar-refractivity contribution in [3.63, 3.8) is 0 Å². The summed E-state index contributed by atoms with van der Waals surface area (Å²) in [6.07, 6.45) is 0.200. The van der Waals surface area contributed by atoms with E-state index in [1.54, 1.807) is 31.2 Å². The lowest BCUT2D eigenvalue weighted by Crippen LogP contribution is -2.47. The second-order valence-electron chi connectivity index (χ2n) is 6.77. The van der Waals surface area contributed by atoms with Crippen LogP contribution in [0.4, 0.5) is 0 Å². The van der Waals surface area contributed by atoms with Gasteiger partial charge in [0.15, 0.2) is 5.72 Å². The topological polar surface area (TPSA) is 66.8 Å². The predicted molar refractivity (Wildman–Crippen MR) is 106 cm³/mol. The van der Waals surface area contributed by atoms with Gasteiger partial charge in [-0.1, -0.05) is 54.1 Å². The Hall–Kier alpha value is -2.63. The van der Waals surface area contributed by atoms with Crippen LogP contribution in [0.1, 0.15) is 25.0 Å². The maximum atomic E-state index is 13.2. The highest BCUT2D eigenvalue weighted by molar-refractivity contribution is 6.30. The molecule has 0 saturated heterocycles. The highest BCUT2D eigenvalue weighted by atomic mass is 35.5. The molecule has 0 fully saturated rings. The number of nitrogens with zero attached hydrogens (tertiary/aromatic N) is 1. The van der Waals surface area contributed by atoms with Gasteiger partial charge >= 0.3 is 5.97 Å². The summed E-state index contributed by atoms with van der Waals surface area (Å²) in [4.78, 5) is 27.1. The van der Waals surface area contributed by atoms with Crippen molar-refractivity contribution in [3.05, 3.63) is 81.9 Å². The van der Waals surface area contributed by atoms with Crippen molar-refractivity contribution in [2.75, 3.05) is 6.61 Å². The molecule has 0 bridgehead atoms. The molecule has 0 radical (unpaired) electrons. The second-order valence-corrected chi connectivity index (χ2v) is 7.21. The first kappa shape index (κ1) is 20.1. The zero-order chi connectivity index (χ0) is 20.3. The Balaban J connectivity index is 2.00. The molecule has 0 aromatic heterocycles. The minimum absolute atomic E-state index is 0.00905. The smallest absolute Gasteiger partial charge is 0.339 e. The molecule has 1 aliphatic heterocycles. The number of rotatable bonds is 6. The number of carbonyl (C=O) groups excluding carboxylic acids is 2. The number of ether oxygens (including phenoxy) is 1. The number of halogens is 1. The highest BCUT2D eigenvalue weighted by Crippen LogP contribution is 2.37. The van der Waals surface area contributed by atoms with Crippen LogP contribution in [0.25, 0.3) is 0 Å². The summed E-state index contributed by atoms with van der Waals surface area (Å²) < 4.78 is 5.14. The van der Waals surface area contributed by atoms with Crippen LogP contribution in [0, 0.1) is 0 Å². The molecule has 1 heterocycles. The molecule has 2 aromatic carbocycles. The Labute approximate surface area is 169 Å². The van der Waals surface area contributed by atoms with Gasteiger partial charge in [0.2, 0.25) is 0 Å². The lowest BCUT2D eigenvalue weighted by molar-refractivity contribution is -0.149. The first-order chi connectivity index (χ1) is 13.3. The van der Waals surface area contributed by atoms with E-state index >= 15 is 0 Å². The molecule has 0 unspecified atom stereocenters. The number of carbonyl (C=O) groups is 2. The summed E-state index contributed by atoms with van der Waals surface area (Å²) in [5, 5.41) is 11.7. The first-order valence-corrected chi connectivity index (χ1v) is 9.45. The number of hydrogen-bond acceptors (Lipinski definition) is 4. The summed E-state index contributed by atoms with van der Waals surface area (Å²) in [5.74, 6) is -1.06. The molecule has 1 atom stereocenters. The Morgan fingerprint density at radius 2 is 1.75 bits per heavy atom. The maximum Gasteiger partial charge on any atom is 0.339 e. The van der Waals surface area contributed by atoms with Crippen molar-refractivity contribution >= 4 is 23.5 Å². The fourth-order valence-corrected chi connectivity index (χ4v) is 3.50. The van der Waals surface area contributed by atoms with Crippen LogP contribution in [-0.4, -0.2) is 34.2 Å². The number of aliphatic hydroxyl groups is 1. The van der Waals surface area contributed by atoms with Crippen LogP contribution in [-0.2, 0) is 27.3 Å². The fourth-order valence-electron chi connectivity index (χ4n) is 3.37. The monoisotopic (exact) mass is 399 g/mol. The third-order valence-corrected chi connectivity index (χ3v) is 5.01. The van der Waals surface area contributed by atoms with Crippen LogP contribution in [0.5, 0.6) is 0 Å². The SMILES string of the molecule is CCOC(=O)C1=C(Cc2ccc(Cl)cc2)C(=O)N(Cc2ccccc2)[C@]1(C)O. The molecule has 146 valence electrons.